The summed E-state index contributed by atoms with van der Waals surface area (Å²) in [5.74, 6) is 0. The zero-order valence-corrected chi connectivity index (χ0v) is 11.6. The van der Waals surface area contributed by atoms with Crippen molar-refractivity contribution in [1.82, 2.24) is 0 Å². The molecule has 0 spiro atoms. The van der Waals surface area contributed by atoms with Crippen LogP contribution >= 0.6 is 34.2 Å². The molecule has 0 N–H and O–H groups in total. The molecule has 0 rings (SSSR count). The number of halogens is 2. The zero-order chi connectivity index (χ0) is 10.1. The van der Waals surface area contributed by atoms with Crippen LogP contribution in [0.15, 0.2) is 8.61 Å². The van der Waals surface area contributed by atoms with Crippen molar-refractivity contribution in [3.8, 4) is 0 Å². The van der Waals surface area contributed by atoms with Gasteiger partial charge in [-0.15, -0.1) is 0 Å². The van der Waals surface area contributed by atoms with Gasteiger partial charge in [-0.3, -0.25) is 0 Å². The van der Waals surface area contributed by atoms with E-state index in [4.69, 9.17) is 11.6 Å². The Balaban J connectivity index is 3.67. The van der Waals surface area contributed by atoms with E-state index >= 15 is 0 Å². The fourth-order valence-corrected chi connectivity index (χ4v) is 2.01. The van der Waals surface area contributed by atoms with Gasteiger partial charge in [-0.2, -0.15) is 0 Å². The van der Waals surface area contributed by atoms with Gasteiger partial charge in [0.15, 0.2) is 0 Å². The standard InChI is InChI=1S/C11H20ClI/c1-3-5-7-9-11(13)10(12)8-6-4-2/h3-9H2,1-2H3/b11-10+. The molecule has 78 valence electrons. The summed E-state index contributed by atoms with van der Waals surface area (Å²) in [6.45, 7) is 4.43. The van der Waals surface area contributed by atoms with E-state index in [2.05, 4.69) is 36.4 Å². The van der Waals surface area contributed by atoms with Crippen LogP contribution in [0.2, 0.25) is 0 Å². The minimum Gasteiger partial charge on any atom is -0.0884 e. The molecule has 0 unspecified atom stereocenters. The minimum absolute atomic E-state index is 1.07. The molecule has 0 fully saturated rings. The summed E-state index contributed by atoms with van der Waals surface area (Å²) in [5, 5.41) is 1.10. The third-order valence-electron chi connectivity index (χ3n) is 2.04. The third kappa shape index (κ3) is 7.80. The summed E-state index contributed by atoms with van der Waals surface area (Å²) < 4.78 is 1.38. The Morgan fingerprint density at radius 1 is 1.00 bits per heavy atom. The molecule has 0 bridgehead atoms. The van der Waals surface area contributed by atoms with Gasteiger partial charge in [0, 0.05) is 8.61 Å². The average molecular weight is 315 g/mol. The van der Waals surface area contributed by atoms with Gasteiger partial charge in [-0.1, -0.05) is 44.7 Å². The lowest BCUT2D eigenvalue weighted by atomic mass is 10.1. The molecule has 0 aliphatic rings. The fourth-order valence-electron chi connectivity index (χ4n) is 1.13. The maximum atomic E-state index is 6.16. The first kappa shape index (κ1) is 13.8. The first-order chi connectivity index (χ1) is 6.22. The van der Waals surface area contributed by atoms with Gasteiger partial charge in [0.05, 0.1) is 0 Å². The second-order valence-corrected chi connectivity index (χ2v) is 5.13. The molecule has 0 radical (unpaired) electrons. The summed E-state index contributed by atoms with van der Waals surface area (Å²) >= 11 is 8.56. The molecule has 0 heterocycles. The highest BCUT2D eigenvalue weighted by molar-refractivity contribution is 14.1. The summed E-state index contributed by atoms with van der Waals surface area (Å²) in [6.07, 6.45) is 8.60. The van der Waals surface area contributed by atoms with E-state index < -0.39 is 0 Å². The van der Waals surface area contributed by atoms with Crippen molar-refractivity contribution in [3.63, 3.8) is 0 Å². The van der Waals surface area contributed by atoms with Gasteiger partial charge < -0.3 is 0 Å². The second-order valence-electron chi connectivity index (χ2n) is 3.37. The van der Waals surface area contributed by atoms with Crippen molar-refractivity contribution in [2.75, 3.05) is 0 Å². The van der Waals surface area contributed by atoms with E-state index in [1.54, 1.807) is 0 Å². The lowest BCUT2D eigenvalue weighted by Crippen LogP contribution is -1.81. The number of hydrogen-bond acceptors (Lipinski definition) is 0. The second kappa shape index (κ2) is 9.32. The zero-order valence-electron chi connectivity index (χ0n) is 8.71. The number of hydrogen-bond donors (Lipinski definition) is 0. The van der Waals surface area contributed by atoms with Crippen molar-refractivity contribution in [3.05, 3.63) is 8.61 Å². The Hall–Kier alpha value is 0.760. The van der Waals surface area contributed by atoms with Crippen molar-refractivity contribution >= 4 is 34.2 Å². The highest BCUT2D eigenvalue weighted by Crippen LogP contribution is 2.26. The highest BCUT2D eigenvalue weighted by Gasteiger charge is 2.00. The molecular formula is C11H20ClI. The Morgan fingerprint density at radius 3 is 2.15 bits per heavy atom. The first-order valence-electron chi connectivity index (χ1n) is 5.25. The number of allylic oxidation sites excluding steroid dienone is 2. The van der Waals surface area contributed by atoms with E-state index in [0.29, 0.717) is 0 Å². The Morgan fingerprint density at radius 2 is 1.62 bits per heavy atom. The smallest absolute Gasteiger partial charge is 0.0273 e. The summed E-state index contributed by atoms with van der Waals surface area (Å²) in [7, 11) is 0. The lowest BCUT2D eigenvalue weighted by Gasteiger charge is -2.03. The van der Waals surface area contributed by atoms with Gasteiger partial charge >= 0.3 is 0 Å². The van der Waals surface area contributed by atoms with Crippen LogP contribution < -0.4 is 0 Å². The average Bonchev–Trinajstić information content (AvgIpc) is 2.14. The van der Waals surface area contributed by atoms with E-state index in [-0.39, 0.29) is 0 Å². The summed E-state index contributed by atoms with van der Waals surface area (Å²) in [5.41, 5.74) is 0. The molecule has 0 nitrogen and oxygen atoms in total. The van der Waals surface area contributed by atoms with Crippen molar-refractivity contribution in [1.29, 1.82) is 0 Å². The Kier molecular flexibility index (Phi) is 9.87. The van der Waals surface area contributed by atoms with Crippen LogP contribution in [0.25, 0.3) is 0 Å². The van der Waals surface area contributed by atoms with Gasteiger partial charge in [-0.25, -0.2) is 0 Å². The molecule has 0 atom stereocenters. The third-order valence-corrected chi connectivity index (χ3v) is 3.97. The number of unbranched alkanes of at least 4 members (excludes halogenated alkanes) is 3. The Labute approximate surface area is 101 Å². The van der Waals surface area contributed by atoms with E-state index in [1.165, 1.54) is 42.1 Å². The molecule has 0 aliphatic carbocycles. The van der Waals surface area contributed by atoms with Crippen LogP contribution in [0.1, 0.15) is 58.8 Å². The van der Waals surface area contributed by atoms with Crippen LogP contribution in [0.3, 0.4) is 0 Å². The lowest BCUT2D eigenvalue weighted by molar-refractivity contribution is 0.723. The van der Waals surface area contributed by atoms with E-state index in [0.717, 1.165) is 11.5 Å². The maximum absolute atomic E-state index is 6.16. The van der Waals surface area contributed by atoms with Crippen LogP contribution in [0, 0.1) is 0 Å². The van der Waals surface area contributed by atoms with Gasteiger partial charge in [0.25, 0.3) is 0 Å². The predicted octanol–water partition coefficient (Wildman–Crippen LogP) is 5.64. The summed E-state index contributed by atoms with van der Waals surface area (Å²) in [4.78, 5) is 0. The highest BCUT2D eigenvalue weighted by atomic mass is 127. The van der Waals surface area contributed by atoms with E-state index in [1.807, 2.05) is 0 Å². The summed E-state index contributed by atoms with van der Waals surface area (Å²) in [6, 6.07) is 0. The normalized spacial score (nSPS) is 12.9. The van der Waals surface area contributed by atoms with E-state index in [9.17, 15) is 0 Å². The fraction of sp³-hybridized carbons (Fsp3) is 0.818. The molecule has 0 saturated carbocycles. The monoisotopic (exact) mass is 314 g/mol. The molecule has 0 aromatic heterocycles. The molecule has 0 aromatic carbocycles. The number of rotatable bonds is 7. The van der Waals surface area contributed by atoms with Gasteiger partial charge in [0.1, 0.15) is 0 Å². The molecule has 0 aromatic rings. The molecule has 2 heteroatoms. The molecule has 0 saturated heterocycles. The molecular weight excluding hydrogens is 294 g/mol. The van der Waals surface area contributed by atoms with Crippen LogP contribution in [0.4, 0.5) is 0 Å². The largest absolute Gasteiger partial charge is 0.0884 e. The van der Waals surface area contributed by atoms with Crippen LogP contribution in [-0.2, 0) is 0 Å². The van der Waals surface area contributed by atoms with Gasteiger partial charge in [-0.05, 0) is 48.3 Å². The predicted molar refractivity (Wildman–Crippen MR) is 70.6 cm³/mol. The Bertz CT molecular complexity index is 152. The molecule has 13 heavy (non-hydrogen) atoms. The van der Waals surface area contributed by atoms with Crippen molar-refractivity contribution < 1.29 is 0 Å². The van der Waals surface area contributed by atoms with Crippen molar-refractivity contribution in [2.24, 2.45) is 0 Å². The topological polar surface area (TPSA) is 0 Å². The first-order valence-corrected chi connectivity index (χ1v) is 6.71. The van der Waals surface area contributed by atoms with Crippen molar-refractivity contribution in [2.45, 2.75) is 58.8 Å². The quantitative estimate of drug-likeness (QED) is 0.421. The molecule has 0 amide bonds. The maximum Gasteiger partial charge on any atom is 0.0273 e. The SMILES string of the molecule is CCCCC/C(I)=C(\Cl)CCCC. The van der Waals surface area contributed by atoms with Gasteiger partial charge in [0.2, 0.25) is 0 Å². The van der Waals surface area contributed by atoms with Crippen LogP contribution in [-0.4, -0.2) is 0 Å². The molecule has 0 aliphatic heterocycles. The minimum atomic E-state index is 1.07. The van der Waals surface area contributed by atoms with Crippen LogP contribution in [0.5, 0.6) is 0 Å².